The van der Waals surface area contributed by atoms with Crippen molar-refractivity contribution >= 4 is 5.91 Å². The summed E-state index contributed by atoms with van der Waals surface area (Å²) in [5.41, 5.74) is 10.4. The predicted molar refractivity (Wildman–Crippen MR) is 141 cm³/mol. The van der Waals surface area contributed by atoms with Crippen LogP contribution in [0.3, 0.4) is 0 Å². The van der Waals surface area contributed by atoms with Crippen LogP contribution in [0.25, 0.3) is 11.5 Å². The van der Waals surface area contributed by atoms with E-state index in [2.05, 4.69) is 11.9 Å². The van der Waals surface area contributed by atoms with Gasteiger partial charge < -0.3 is 20.2 Å². The molecule has 0 saturated carbocycles. The fourth-order valence-electron chi connectivity index (χ4n) is 4.34. The maximum absolute atomic E-state index is 13.7. The summed E-state index contributed by atoms with van der Waals surface area (Å²) in [6, 6.07) is 17.1. The Hall–Kier alpha value is -3.88. The lowest BCUT2D eigenvalue weighted by atomic mass is 10.0. The quantitative estimate of drug-likeness (QED) is 0.305. The molecular formula is C30H31F2N3O3. The van der Waals surface area contributed by atoms with Crippen LogP contribution in [0, 0.1) is 18.6 Å². The van der Waals surface area contributed by atoms with Crippen LogP contribution >= 0.6 is 0 Å². The van der Waals surface area contributed by atoms with E-state index in [1.165, 1.54) is 17.0 Å². The minimum atomic E-state index is -1.14. The van der Waals surface area contributed by atoms with Crippen molar-refractivity contribution in [2.24, 2.45) is 5.73 Å². The first-order valence-electron chi connectivity index (χ1n) is 12.5. The van der Waals surface area contributed by atoms with Crippen LogP contribution in [0.1, 0.15) is 39.7 Å². The predicted octanol–water partition coefficient (Wildman–Crippen LogP) is 5.06. The van der Waals surface area contributed by atoms with Gasteiger partial charge in [-0.1, -0.05) is 37.3 Å². The van der Waals surface area contributed by atoms with Crippen molar-refractivity contribution in [3.05, 3.63) is 113 Å². The number of nitrogens with zero attached hydrogens (tertiary/aromatic N) is 2. The number of benzene rings is 3. The summed E-state index contributed by atoms with van der Waals surface area (Å²) in [5.74, 6) is -1.32. The van der Waals surface area contributed by atoms with Gasteiger partial charge in [-0.3, -0.25) is 4.79 Å². The molecule has 0 aliphatic rings. The summed E-state index contributed by atoms with van der Waals surface area (Å²) in [4.78, 5) is 19.6. The molecule has 3 N–H and O–H groups in total. The van der Waals surface area contributed by atoms with E-state index in [1.54, 1.807) is 30.5 Å². The van der Waals surface area contributed by atoms with Gasteiger partial charge in [0.05, 0.1) is 11.8 Å². The Morgan fingerprint density at radius 2 is 1.74 bits per heavy atom. The lowest BCUT2D eigenvalue weighted by molar-refractivity contribution is 0.0554. The summed E-state index contributed by atoms with van der Waals surface area (Å²) in [6.07, 6.45) is 1.29. The number of hydrogen-bond donors (Lipinski definition) is 2. The van der Waals surface area contributed by atoms with Crippen LogP contribution in [0.5, 0.6) is 0 Å². The van der Waals surface area contributed by atoms with E-state index in [9.17, 15) is 18.7 Å². The third-order valence-corrected chi connectivity index (χ3v) is 6.33. The summed E-state index contributed by atoms with van der Waals surface area (Å²) in [5, 5.41) is 11.0. The lowest BCUT2D eigenvalue weighted by Crippen LogP contribution is -2.46. The minimum absolute atomic E-state index is 0.0438. The van der Waals surface area contributed by atoms with E-state index in [0.717, 1.165) is 29.3 Å². The molecule has 0 bridgehead atoms. The Morgan fingerprint density at radius 3 is 2.42 bits per heavy atom. The van der Waals surface area contributed by atoms with Gasteiger partial charge in [-0.05, 0) is 66.8 Å². The molecule has 4 aromatic rings. The highest BCUT2D eigenvalue weighted by molar-refractivity contribution is 5.95. The number of aliphatic hydroxyl groups is 1. The summed E-state index contributed by atoms with van der Waals surface area (Å²) < 4.78 is 32.8. The molecule has 0 saturated heterocycles. The highest BCUT2D eigenvalue weighted by Crippen LogP contribution is 2.22. The molecule has 0 aliphatic carbocycles. The largest absolute Gasteiger partial charge is 0.444 e. The number of aromatic nitrogens is 1. The number of carbonyl (C=O) groups is 1. The van der Waals surface area contributed by atoms with Crippen LogP contribution in [0.4, 0.5) is 8.78 Å². The highest BCUT2D eigenvalue weighted by Gasteiger charge is 2.24. The third kappa shape index (κ3) is 6.90. The van der Waals surface area contributed by atoms with Crippen LogP contribution in [0.15, 0.2) is 77.4 Å². The van der Waals surface area contributed by atoms with Gasteiger partial charge in [-0.15, -0.1) is 0 Å². The molecule has 38 heavy (non-hydrogen) atoms. The van der Waals surface area contributed by atoms with Crippen molar-refractivity contribution in [2.45, 2.75) is 45.4 Å². The zero-order valence-electron chi connectivity index (χ0n) is 21.4. The second kappa shape index (κ2) is 12.1. The van der Waals surface area contributed by atoms with Crippen molar-refractivity contribution in [1.82, 2.24) is 9.88 Å². The van der Waals surface area contributed by atoms with Gasteiger partial charge in [-0.25, -0.2) is 13.8 Å². The monoisotopic (exact) mass is 519 g/mol. The minimum Gasteiger partial charge on any atom is -0.444 e. The van der Waals surface area contributed by atoms with Crippen molar-refractivity contribution in [3.8, 4) is 11.5 Å². The lowest BCUT2D eigenvalue weighted by Gasteiger charge is -2.28. The molecule has 1 amide bonds. The number of aryl methyl sites for hydroxylation is 2. The second-order valence-corrected chi connectivity index (χ2v) is 9.45. The van der Waals surface area contributed by atoms with Gasteiger partial charge in [0.15, 0.2) is 0 Å². The molecule has 4 rings (SSSR count). The molecular weight excluding hydrogens is 488 g/mol. The average Bonchev–Trinajstić information content (AvgIpc) is 3.33. The number of aliphatic hydroxyl groups excluding tert-OH is 1. The van der Waals surface area contributed by atoms with Gasteiger partial charge in [0.1, 0.15) is 17.9 Å². The van der Waals surface area contributed by atoms with E-state index in [1.807, 2.05) is 31.2 Å². The zero-order valence-corrected chi connectivity index (χ0v) is 21.4. The number of oxazole rings is 1. The summed E-state index contributed by atoms with van der Waals surface area (Å²) in [6.45, 7) is 4.04. The maximum atomic E-state index is 13.7. The molecule has 0 fully saturated rings. The Labute approximate surface area is 220 Å². The summed E-state index contributed by atoms with van der Waals surface area (Å²) in [7, 11) is 0. The Balaban J connectivity index is 1.58. The molecule has 1 heterocycles. The number of halogens is 2. The summed E-state index contributed by atoms with van der Waals surface area (Å²) >= 11 is 0. The Kier molecular flexibility index (Phi) is 8.66. The second-order valence-electron chi connectivity index (χ2n) is 9.45. The van der Waals surface area contributed by atoms with E-state index in [4.69, 9.17) is 10.2 Å². The van der Waals surface area contributed by atoms with E-state index in [-0.39, 0.29) is 25.4 Å². The van der Waals surface area contributed by atoms with Crippen molar-refractivity contribution < 1.29 is 23.1 Å². The van der Waals surface area contributed by atoms with E-state index in [0.29, 0.717) is 22.6 Å². The fourth-order valence-corrected chi connectivity index (χ4v) is 4.34. The van der Waals surface area contributed by atoms with Crippen LogP contribution in [0.2, 0.25) is 0 Å². The van der Waals surface area contributed by atoms with E-state index >= 15 is 0 Å². The van der Waals surface area contributed by atoms with Crippen LogP contribution < -0.4 is 5.73 Å². The van der Waals surface area contributed by atoms with Gasteiger partial charge >= 0.3 is 0 Å². The topological polar surface area (TPSA) is 92.6 Å². The smallest absolute Gasteiger partial charge is 0.254 e. The van der Waals surface area contributed by atoms with Gasteiger partial charge in [0, 0.05) is 36.3 Å². The maximum Gasteiger partial charge on any atom is 0.254 e. The number of rotatable bonds is 10. The molecule has 2 atom stereocenters. The normalized spacial score (nSPS) is 12.8. The van der Waals surface area contributed by atoms with Crippen LogP contribution in [-0.4, -0.2) is 39.6 Å². The Bertz CT molecular complexity index is 1380. The Morgan fingerprint density at radius 1 is 1.03 bits per heavy atom. The first-order chi connectivity index (χ1) is 18.2. The molecule has 0 unspecified atom stereocenters. The first kappa shape index (κ1) is 27.2. The van der Waals surface area contributed by atoms with Crippen molar-refractivity contribution in [3.63, 3.8) is 0 Å². The first-order valence-corrected chi connectivity index (χ1v) is 12.5. The van der Waals surface area contributed by atoms with Crippen molar-refractivity contribution in [1.29, 1.82) is 0 Å². The number of hydrogen-bond acceptors (Lipinski definition) is 5. The highest BCUT2D eigenvalue weighted by atomic mass is 19.1. The average molecular weight is 520 g/mol. The number of carbonyl (C=O) groups excluding carboxylic acids is 1. The zero-order chi connectivity index (χ0) is 27.2. The molecule has 0 aliphatic heterocycles. The molecule has 0 spiro atoms. The standard InChI is InChI=1S/C30H31F2N3O3/c1-3-20-6-4-7-21(10-20)16-35(17-28(36)27(33)13-22-11-25(31)15-26(32)12-22)30(37)24-9-5-8-23(14-24)29-34-19(2)18-38-29/h4-12,14-15,18,27-28,36H,3,13,16-17,33H2,1-2H3/t27-,28+/m0/s1. The molecule has 0 radical (unpaired) electrons. The molecule has 6 nitrogen and oxygen atoms in total. The molecule has 1 aromatic heterocycles. The van der Waals surface area contributed by atoms with Gasteiger partial charge in [0.2, 0.25) is 5.89 Å². The van der Waals surface area contributed by atoms with Crippen molar-refractivity contribution in [2.75, 3.05) is 6.54 Å². The SMILES string of the molecule is CCc1cccc(CN(C[C@@H](O)[C@@H](N)Cc2cc(F)cc(F)c2)C(=O)c2cccc(-c3nc(C)co3)c2)c1. The number of nitrogens with two attached hydrogens (primary N) is 1. The molecule has 8 heteroatoms. The molecule has 3 aromatic carbocycles. The number of amides is 1. The molecule has 198 valence electrons. The third-order valence-electron chi connectivity index (χ3n) is 6.33. The van der Waals surface area contributed by atoms with E-state index < -0.39 is 23.8 Å². The van der Waals surface area contributed by atoms with Gasteiger partial charge in [0.25, 0.3) is 5.91 Å². The fraction of sp³-hybridized carbons (Fsp3) is 0.267. The van der Waals surface area contributed by atoms with Crippen LogP contribution in [-0.2, 0) is 19.4 Å². The van der Waals surface area contributed by atoms with Gasteiger partial charge in [-0.2, -0.15) is 0 Å².